The smallest absolute Gasteiger partial charge is 0.324 e. The average molecular weight is 422 g/mol. The van der Waals surface area contributed by atoms with Crippen molar-refractivity contribution in [1.82, 2.24) is 4.90 Å². The Morgan fingerprint density at radius 1 is 1.06 bits per heavy atom. The molecular weight excluding hydrogens is 390 g/mol. The van der Waals surface area contributed by atoms with Crippen LogP contribution in [-0.2, 0) is 27.5 Å². The van der Waals surface area contributed by atoms with Gasteiger partial charge in [0.05, 0.1) is 0 Å². The first-order valence-corrected chi connectivity index (χ1v) is 10.5. The van der Waals surface area contributed by atoms with Crippen molar-refractivity contribution in [3.8, 4) is 0 Å². The Bertz CT molecular complexity index is 933. The summed E-state index contributed by atoms with van der Waals surface area (Å²) >= 11 is 0. The Hall–Kier alpha value is -2.92. The molecule has 0 aromatic heterocycles. The molecule has 2 aromatic rings. The van der Waals surface area contributed by atoms with E-state index in [1.807, 2.05) is 86.3 Å². The third-order valence-corrected chi connectivity index (χ3v) is 6.18. The van der Waals surface area contributed by atoms with E-state index in [9.17, 15) is 14.7 Å². The summed E-state index contributed by atoms with van der Waals surface area (Å²) in [5, 5.41) is 10.5. The van der Waals surface area contributed by atoms with E-state index in [-0.39, 0.29) is 13.0 Å². The van der Waals surface area contributed by atoms with Crippen molar-refractivity contribution < 1.29 is 19.4 Å². The first kappa shape index (κ1) is 22.8. The van der Waals surface area contributed by atoms with Crippen molar-refractivity contribution in [3.63, 3.8) is 0 Å². The van der Waals surface area contributed by atoms with Gasteiger partial charge in [-0.2, -0.15) is 0 Å². The quantitative estimate of drug-likeness (QED) is 0.542. The normalized spacial score (nSPS) is 22.2. The fourth-order valence-corrected chi connectivity index (χ4v) is 4.55. The zero-order valence-electron chi connectivity index (χ0n) is 18.5. The number of benzene rings is 2. The Balaban J connectivity index is 2.00. The molecule has 0 amide bonds. The highest BCUT2D eigenvalue weighted by atomic mass is 16.5. The molecule has 1 heterocycles. The van der Waals surface area contributed by atoms with Crippen LogP contribution in [0.4, 0.5) is 0 Å². The molecule has 0 spiro atoms. The second-order valence-electron chi connectivity index (χ2n) is 9.34. The number of rotatable bonds is 6. The van der Waals surface area contributed by atoms with Crippen LogP contribution in [0, 0.1) is 10.8 Å². The van der Waals surface area contributed by atoms with Gasteiger partial charge in [0.2, 0.25) is 0 Å². The molecule has 1 fully saturated rings. The molecule has 0 bridgehead atoms. The Morgan fingerprint density at radius 3 is 2.13 bits per heavy atom. The van der Waals surface area contributed by atoms with E-state index in [2.05, 4.69) is 6.58 Å². The summed E-state index contributed by atoms with van der Waals surface area (Å²) in [5.74, 6) is -1.51. The number of carboxylic acids is 1. The molecule has 1 N–H and O–H groups in total. The van der Waals surface area contributed by atoms with Gasteiger partial charge in [0, 0.05) is 13.1 Å². The van der Waals surface area contributed by atoms with Gasteiger partial charge in [-0.15, -0.1) is 0 Å². The number of likely N-dealkylation sites (tertiary alicyclic amines) is 1. The monoisotopic (exact) mass is 421 g/mol. The van der Waals surface area contributed by atoms with Crippen LogP contribution in [-0.4, -0.2) is 34.5 Å². The molecule has 0 aliphatic carbocycles. The maximum absolute atomic E-state index is 13.5. The Labute approximate surface area is 184 Å². The van der Waals surface area contributed by atoms with Gasteiger partial charge in [-0.25, -0.2) is 0 Å². The highest BCUT2D eigenvalue weighted by molar-refractivity contribution is 5.88. The van der Waals surface area contributed by atoms with Crippen molar-refractivity contribution in [2.24, 2.45) is 10.8 Å². The van der Waals surface area contributed by atoms with Gasteiger partial charge in [0.1, 0.15) is 18.1 Å². The number of esters is 1. The summed E-state index contributed by atoms with van der Waals surface area (Å²) in [6.45, 7) is 10.7. The molecule has 2 atom stereocenters. The number of ether oxygens (including phenoxy) is 1. The standard InChI is InChI=1S/C26H31NO4/c1-19-15-26(24(29)30,25(2,3)4)22(23(28)31-18-21-13-9-6-10-14-21)27(16-19)17-20-11-7-5-8-12-20/h5-14,22H,1,15-18H2,2-4H3,(H,29,30)/t22-,26+/m1/s1. The van der Waals surface area contributed by atoms with Gasteiger partial charge in [-0.3, -0.25) is 14.5 Å². The molecule has 3 rings (SSSR count). The van der Waals surface area contributed by atoms with Crippen LogP contribution in [0.15, 0.2) is 72.8 Å². The lowest BCUT2D eigenvalue weighted by Crippen LogP contribution is -2.64. The molecule has 1 aliphatic rings. The number of aliphatic carboxylic acids is 1. The maximum Gasteiger partial charge on any atom is 0.324 e. The number of hydrogen-bond donors (Lipinski definition) is 1. The molecule has 5 nitrogen and oxygen atoms in total. The van der Waals surface area contributed by atoms with Crippen LogP contribution < -0.4 is 0 Å². The van der Waals surface area contributed by atoms with Gasteiger partial charge in [-0.1, -0.05) is 93.6 Å². The molecule has 1 saturated heterocycles. The summed E-state index contributed by atoms with van der Waals surface area (Å²) in [7, 11) is 0. The summed E-state index contributed by atoms with van der Waals surface area (Å²) in [6.07, 6.45) is 0.238. The maximum atomic E-state index is 13.5. The van der Waals surface area contributed by atoms with E-state index in [4.69, 9.17) is 4.74 Å². The summed E-state index contributed by atoms with van der Waals surface area (Å²) in [6, 6.07) is 18.2. The second kappa shape index (κ2) is 9.06. The van der Waals surface area contributed by atoms with E-state index < -0.39 is 28.8 Å². The largest absolute Gasteiger partial charge is 0.481 e. The van der Waals surface area contributed by atoms with E-state index in [1.54, 1.807) is 0 Å². The van der Waals surface area contributed by atoms with Crippen LogP contribution in [0.2, 0.25) is 0 Å². The summed E-state index contributed by atoms with van der Waals surface area (Å²) in [4.78, 5) is 28.2. The van der Waals surface area contributed by atoms with Crippen LogP contribution in [0.3, 0.4) is 0 Å². The number of nitrogens with zero attached hydrogens (tertiary/aromatic N) is 1. The van der Waals surface area contributed by atoms with Gasteiger partial charge in [-0.05, 0) is 23.0 Å². The molecule has 164 valence electrons. The molecule has 5 heteroatoms. The number of carboxylic acid groups (broad SMARTS) is 1. The lowest BCUT2D eigenvalue weighted by molar-refractivity contribution is -0.182. The lowest BCUT2D eigenvalue weighted by Gasteiger charge is -2.52. The van der Waals surface area contributed by atoms with Crippen LogP contribution >= 0.6 is 0 Å². The number of carbonyl (C=O) groups excluding carboxylic acids is 1. The lowest BCUT2D eigenvalue weighted by atomic mass is 9.57. The number of hydrogen-bond acceptors (Lipinski definition) is 4. The molecule has 0 unspecified atom stereocenters. The Morgan fingerprint density at radius 2 is 1.61 bits per heavy atom. The zero-order chi connectivity index (χ0) is 22.6. The summed E-state index contributed by atoms with van der Waals surface area (Å²) in [5.41, 5.74) is 0.618. The number of piperidine rings is 1. The molecule has 2 aromatic carbocycles. The molecular formula is C26H31NO4. The van der Waals surface area contributed by atoms with Gasteiger partial charge in [0.15, 0.2) is 0 Å². The van der Waals surface area contributed by atoms with Crippen molar-refractivity contribution in [3.05, 3.63) is 83.9 Å². The zero-order valence-corrected chi connectivity index (χ0v) is 18.5. The second-order valence-corrected chi connectivity index (χ2v) is 9.34. The minimum atomic E-state index is -1.36. The predicted molar refractivity (Wildman–Crippen MR) is 120 cm³/mol. The fourth-order valence-electron chi connectivity index (χ4n) is 4.55. The van der Waals surface area contributed by atoms with Gasteiger partial charge >= 0.3 is 11.9 Å². The highest BCUT2D eigenvalue weighted by Gasteiger charge is 2.61. The van der Waals surface area contributed by atoms with E-state index in [0.29, 0.717) is 13.1 Å². The minimum absolute atomic E-state index is 0.107. The van der Waals surface area contributed by atoms with Gasteiger partial charge < -0.3 is 9.84 Å². The SMILES string of the molecule is C=C1CN(Cc2ccccc2)[C@H](C(=O)OCc2ccccc2)[C@@](C(=O)O)(C(C)(C)C)C1. The van der Waals surface area contributed by atoms with Crippen LogP contribution in [0.5, 0.6) is 0 Å². The average Bonchev–Trinajstić information content (AvgIpc) is 2.72. The van der Waals surface area contributed by atoms with Crippen LogP contribution in [0.1, 0.15) is 38.3 Å². The third-order valence-electron chi connectivity index (χ3n) is 6.18. The Kier molecular flexibility index (Phi) is 6.65. The fraction of sp³-hybridized carbons (Fsp3) is 0.385. The molecule has 1 aliphatic heterocycles. The number of carbonyl (C=O) groups is 2. The van der Waals surface area contributed by atoms with Crippen molar-refractivity contribution >= 4 is 11.9 Å². The van der Waals surface area contributed by atoms with E-state index in [1.165, 1.54) is 0 Å². The van der Waals surface area contributed by atoms with Crippen molar-refractivity contribution in [2.75, 3.05) is 6.54 Å². The van der Waals surface area contributed by atoms with Crippen LogP contribution in [0.25, 0.3) is 0 Å². The first-order chi connectivity index (χ1) is 14.6. The van der Waals surface area contributed by atoms with Gasteiger partial charge in [0.25, 0.3) is 0 Å². The summed E-state index contributed by atoms with van der Waals surface area (Å²) < 4.78 is 5.70. The topological polar surface area (TPSA) is 66.8 Å². The van der Waals surface area contributed by atoms with E-state index >= 15 is 0 Å². The minimum Gasteiger partial charge on any atom is -0.481 e. The molecule has 31 heavy (non-hydrogen) atoms. The molecule has 0 saturated carbocycles. The predicted octanol–water partition coefficient (Wildman–Crippen LogP) is 4.68. The highest BCUT2D eigenvalue weighted by Crippen LogP contribution is 2.51. The van der Waals surface area contributed by atoms with Crippen molar-refractivity contribution in [2.45, 2.75) is 46.4 Å². The third kappa shape index (κ3) is 4.72. The first-order valence-electron chi connectivity index (χ1n) is 10.5. The van der Waals surface area contributed by atoms with Crippen molar-refractivity contribution in [1.29, 1.82) is 0 Å². The molecule has 0 radical (unpaired) electrons. The van der Waals surface area contributed by atoms with E-state index in [0.717, 1.165) is 16.7 Å².